The van der Waals surface area contributed by atoms with Crippen LogP contribution in [-0.2, 0) is 6.42 Å². The maximum Gasteiger partial charge on any atom is -0.00664 e. The highest BCUT2D eigenvalue weighted by Gasteiger charge is 2.38. The van der Waals surface area contributed by atoms with Gasteiger partial charge in [-0.3, -0.25) is 0 Å². The number of benzene rings is 2. The van der Waals surface area contributed by atoms with Gasteiger partial charge in [-0.05, 0) is 60.3 Å². The van der Waals surface area contributed by atoms with Crippen molar-refractivity contribution in [2.75, 3.05) is 0 Å². The van der Waals surface area contributed by atoms with Gasteiger partial charge < -0.3 is 0 Å². The van der Waals surface area contributed by atoms with Gasteiger partial charge in [0.25, 0.3) is 0 Å². The van der Waals surface area contributed by atoms with E-state index in [1.54, 1.807) is 5.57 Å². The van der Waals surface area contributed by atoms with Crippen molar-refractivity contribution in [1.29, 1.82) is 0 Å². The third-order valence-electron chi connectivity index (χ3n) is 5.61. The van der Waals surface area contributed by atoms with Crippen molar-refractivity contribution in [2.45, 2.75) is 46.0 Å². The predicted molar refractivity (Wildman–Crippen MR) is 93.9 cm³/mol. The van der Waals surface area contributed by atoms with Gasteiger partial charge in [0.05, 0.1) is 0 Å². The molecule has 0 aliphatic heterocycles. The molecule has 0 amide bonds. The number of allylic oxidation sites excluding steroid dienone is 1. The second-order valence-electron chi connectivity index (χ2n) is 7.32. The molecule has 0 bridgehead atoms. The number of hydrogen-bond donors (Lipinski definition) is 0. The minimum absolute atomic E-state index is 0.367. The van der Waals surface area contributed by atoms with Crippen LogP contribution in [0.25, 0.3) is 5.57 Å². The van der Waals surface area contributed by atoms with E-state index in [1.165, 1.54) is 59.9 Å². The molecule has 2 aromatic carbocycles. The summed E-state index contributed by atoms with van der Waals surface area (Å²) in [6, 6.07) is 18.1. The quantitative estimate of drug-likeness (QED) is 0.609. The van der Waals surface area contributed by atoms with Gasteiger partial charge in [-0.15, -0.1) is 0 Å². The first-order valence-corrected chi connectivity index (χ1v) is 8.56. The minimum Gasteiger partial charge on any atom is -0.0622 e. The Kier molecular flexibility index (Phi) is 3.22. The highest BCUT2D eigenvalue weighted by atomic mass is 14.4. The van der Waals surface area contributed by atoms with Crippen LogP contribution < -0.4 is 0 Å². The SMILES string of the molecule is Cc1ccc2c(c1)C(c1ccccc1)=C1CCCCC1(C)C2. The largest absolute Gasteiger partial charge is 0.0622 e. The first-order chi connectivity index (χ1) is 10.7. The zero-order valence-electron chi connectivity index (χ0n) is 13.7. The second kappa shape index (κ2) is 5.12. The molecule has 1 saturated carbocycles. The van der Waals surface area contributed by atoms with E-state index in [-0.39, 0.29) is 0 Å². The molecule has 0 N–H and O–H groups in total. The fourth-order valence-corrected chi connectivity index (χ4v) is 4.49. The van der Waals surface area contributed by atoms with Gasteiger partial charge in [-0.25, -0.2) is 0 Å². The van der Waals surface area contributed by atoms with Crippen LogP contribution in [-0.4, -0.2) is 0 Å². The van der Waals surface area contributed by atoms with Crippen LogP contribution in [0.15, 0.2) is 54.1 Å². The first-order valence-electron chi connectivity index (χ1n) is 8.56. The second-order valence-corrected chi connectivity index (χ2v) is 7.32. The molecule has 112 valence electrons. The van der Waals surface area contributed by atoms with Crippen LogP contribution in [0.1, 0.15) is 54.9 Å². The molecule has 0 heteroatoms. The third-order valence-corrected chi connectivity index (χ3v) is 5.61. The standard InChI is InChI=1S/C22H24/c1-16-11-12-18-15-22(2)13-7-6-10-20(22)21(19(18)14-16)17-8-4-3-5-9-17/h3-5,8-9,11-12,14H,6-7,10,13,15H2,1-2H3. The smallest absolute Gasteiger partial charge is 0.00664 e. The summed E-state index contributed by atoms with van der Waals surface area (Å²) in [5, 5.41) is 0. The van der Waals surface area contributed by atoms with Crippen molar-refractivity contribution in [3.8, 4) is 0 Å². The summed E-state index contributed by atoms with van der Waals surface area (Å²) < 4.78 is 0. The van der Waals surface area contributed by atoms with E-state index >= 15 is 0 Å². The van der Waals surface area contributed by atoms with E-state index < -0.39 is 0 Å². The molecule has 0 heterocycles. The maximum absolute atomic E-state index is 2.49. The maximum atomic E-state index is 2.49. The number of rotatable bonds is 1. The van der Waals surface area contributed by atoms with Gasteiger partial charge in [0.15, 0.2) is 0 Å². The summed E-state index contributed by atoms with van der Waals surface area (Å²) in [6.45, 7) is 4.70. The number of fused-ring (bicyclic) bond motifs is 2. The summed E-state index contributed by atoms with van der Waals surface area (Å²) in [7, 11) is 0. The molecule has 0 spiro atoms. The lowest BCUT2D eigenvalue weighted by Crippen LogP contribution is -2.30. The van der Waals surface area contributed by atoms with Crippen LogP contribution in [0.4, 0.5) is 0 Å². The van der Waals surface area contributed by atoms with Crippen LogP contribution in [0.2, 0.25) is 0 Å². The Labute approximate surface area is 133 Å². The molecule has 1 atom stereocenters. The Bertz CT molecular complexity index is 736. The summed E-state index contributed by atoms with van der Waals surface area (Å²) in [4.78, 5) is 0. The summed E-state index contributed by atoms with van der Waals surface area (Å²) >= 11 is 0. The predicted octanol–water partition coefficient (Wildman–Crippen LogP) is 5.93. The van der Waals surface area contributed by atoms with Crippen LogP contribution in [0, 0.1) is 12.3 Å². The zero-order chi connectivity index (χ0) is 15.2. The molecule has 22 heavy (non-hydrogen) atoms. The van der Waals surface area contributed by atoms with Crippen molar-refractivity contribution in [3.05, 3.63) is 76.4 Å². The first kappa shape index (κ1) is 13.8. The van der Waals surface area contributed by atoms with Gasteiger partial charge >= 0.3 is 0 Å². The lowest BCUT2D eigenvalue weighted by atomic mass is 9.61. The topological polar surface area (TPSA) is 0 Å². The summed E-state index contributed by atoms with van der Waals surface area (Å²) in [5.41, 5.74) is 9.41. The number of hydrogen-bond acceptors (Lipinski definition) is 0. The Morgan fingerprint density at radius 3 is 2.59 bits per heavy atom. The lowest BCUT2D eigenvalue weighted by molar-refractivity contribution is 0.299. The van der Waals surface area contributed by atoms with Gasteiger partial charge in [0.1, 0.15) is 0 Å². The van der Waals surface area contributed by atoms with E-state index in [2.05, 4.69) is 62.4 Å². The Balaban J connectivity index is 2.01. The van der Waals surface area contributed by atoms with Crippen LogP contribution >= 0.6 is 0 Å². The molecule has 0 saturated heterocycles. The third kappa shape index (κ3) is 2.13. The molecule has 0 aromatic heterocycles. The summed E-state index contributed by atoms with van der Waals surface area (Å²) in [5.74, 6) is 0. The lowest BCUT2D eigenvalue weighted by Gasteiger charge is -2.43. The van der Waals surface area contributed by atoms with E-state index in [0.717, 1.165) is 0 Å². The average molecular weight is 288 g/mol. The zero-order valence-corrected chi connectivity index (χ0v) is 13.7. The molecule has 1 fully saturated rings. The van der Waals surface area contributed by atoms with Crippen molar-refractivity contribution in [2.24, 2.45) is 5.41 Å². The molecule has 2 aliphatic rings. The normalized spacial score (nSPS) is 23.9. The van der Waals surface area contributed by atoms with Crippen molar-refractivity contribution in [3.63, 3.8) is 0 Å². The van der Waals surface area contributed by atoms with Gasteiger partial charge in [-0.1, -0.05) is 73.0 Å². The van der Waals surface area contributed by atoms with E-state index in [9.17, 15) is 0 Å². The Morgan fingerprint density at radius 2 is 1.77 bits per heavy atom. The fraction of sp³-hybridized carbons (Fsp3) is 0.364. The Morgan fingerprint density at radius 1 is 0.955 bits per heavy atom. The van der Waals surface area contributed by atoms with Crippen molar-refractivity contribution in [1.82, 2.24) is 0 Å². The fourth-order valence-electron chi connectivity index (χ4n) is 4.49. The van der Waals surface area contributed by atoms with Crippen molar-refractivity contribution < 1.29 is 0 Å². The monoisotopic (exact) mass is 288 g/mol. The molecule has 2 aliphatic carbocycles. The molecule has 1 unspecified atom stereocenters. The van der Waals surface area contributed by atoms with E-state index in [4.69, 9.17) is 0 Å². The Hall–Kier alpha value is -1.82. The molecule has 2 aromatic rings. The van der Waals surface area contributed by atoms with E-state index in [1.807, 2.05) is 0 Å². The molecular formula is C22H24. The summed E-state index contributed by atoms with van der Waals surface area (Å²) in [6.07, 6.45) is 6.56. The average Bonchev–Trinajstić information content (AvgIpc) is 2.53. The van der Waals surface area contributed by atoms with Crippen molar-refractivity contribution >= 4 is 5.57 Å². The molecular weight excluding hydrogens is 264 g/mol. The number of aryl methyl sites for hydroxylation is 1. The molecule has 0 nitrogen and oxygen atoms in total. The van der Waals surface area contributed by atoms with Gasteiger partial charge in [0.2, 0.25) is 0 Å². The van der Waals surface area contributed by atoms with Gasteiger partial charge in [-0.2, -0.15) is 0 Å². The van der Waals surface area contributed by atoms with E-state index in [0.29, 0.717) is 5.41 Å². The van der Waals surface area contributed by atoms with Crippen LogP contribution in [0.3, 0.4) is 0 Å². The highest BCUT2D eigenvalue weighted by molar-refractivity contribution is 5.86. The molecule has 4 rings (SSSR count). The van der Waals surface area contributed by atoms with Crippen LogP contribution in [0.5, 0.6) is 0 Å². The highest BCUT2D eigenvalue weighted by Crippen LogP contribution is 2.52. The minimum atomic E-state index is 0.367. The van der Waals surface area contributed by atoms with Gasteiger partial charge in [0, 0.05) is 0 Å². The molecule has 0 radical (unpaired) electrons.